The molecule has 0 saturated carbocycles. The summed E-state index contributed by atoms with van der Waals surface area (Å²) in [5, 5.41) is 9.51. The number of esters is 1. The fourth-order valence-corrected chi connectivity index (χ4v) is 1.76. The number of carbonyl (C=O) groups is 1. The van der Waals surface area contributed by atoms with E-state index in [1.165, 1.54) is 12.7 Å². The van der Waals surface area contributed by atoms with Crippen LogP contribution < -0.4 is 0 Å². The summed E-state index contributed by atoms with van der Waals surface area (Å²) in [4.78, 5) is 13.4. The molecule has 1 aliphatic heterocycles. The van der Waals surface area contributed by atoms with Crippen LogP contribution in [-0.2, 0) is 9.53 Å². The van der Waals surface area contributed by atoms with Crippen molar-refractivity contribution in [2.24, 2.45) is 0 Å². The Hall–Kier alpha value is -0.870. The zero-order valence-corrected chi connectivity index (χ0v) is 9.56. The molecule has 86 valence electrons. The van der Waals surface area contributed by atoms with Gasteiger partial charge in [-0.1, -0.05) is 11.6 Å². The molecule has 1 fully saturated rings. The van der Waals surface area contributed by atoms with Gasteiger partial charge in [0.25, 0.3) is 0 Å². The second-order valence-corrected chi connectivity index (χ2v) is 4.16. The third-order valence-corrected chi connectivity index (χ3v) is 2.59. The van der Waals surface area contributed by atoms with Gasteiger partial charge in [0.2, 0.25) is 0 Å². The summed E-state index contributed by atoms with van der Waals surface area (Å²) in [7, 11) is 1.38. The van der Waals surface area contributed by atoms with E-state index in [0.717, 1.165) is 0 Å². The number of allylic oxidation sites excluding steroid dienone is 1. The summed E-state index contributed by atoms with van der Waals surface area (Å²) < 4.78 is 4.71. The lowest BCUT2D eigenvalue weighted by molar-refractivity contribution is -0.145. The minimum Gasteiger partial charge on any atom is -0.468 e. The quantitative estimate of drug-likeness (QED) is 0.550. The lowest BCUT2D eigenvalue weighted by Crippen LogP contribution is -2.37. The number of ether oxygens (including phenoxy) is 1. The highest BCUT2D eigenvalue weighted by Crippen LogP contribution is 2.18. The van der Waals surface area contributed by atoms with Gasteiger partial charge >= 0.3 is 5.97 Å². The van der Waals surface area contributed by atoms with Crippen LogP contribution in [0.2, 0.25) is 0 Å². The molecular formula is C11H19NO3. The van der Waals surface area contributed by atoms with Crippen molar-refractivity contribution >= 4 is 5.97 Å². The van der Waals surface area contributed by atoms with Crippen LogP contribution in [0.5, 0.6) is 0 Å². The minimum absolute atomic E-state index is 0.256. The number of aliphatic hydroxyl groups is 1. The summed E-state index contributed by atoms with van der Waals surface area (Å²) in [5.41, 5.74) is 1.21. The van der Waals surface area contributed by atoms with Crippen molar-refractivity contribution in [2.45, 2.75) is 32.4 Å². The van der Waals surface area contributed by atoms with E-state index in [4.69, 9.17) is 4.74 Å². The van der Waals surface area contributed by atoms with E-state index >= 15 is 0 Å². The highest BCUT2D eigenvalue weighted by atomic mass is 16.5. The van der Waals surface area contributed by atoms with Gasteiger partial charge in [0, 0.05) is 19.5 Å². The summed E-state index contributed by atoms with van der Waals surface area (Å²) in [6.45, 7) is 5.27. The molecule has 4 heteroatoms. The van der Waals surface area contributed by atoms with E-state index in [2.05, 4.69) is 0 Å². The predicted octanol–water partition coefficient (Wildman–Crippen LogP) is 0.561. The molecule has 1 saturated heterocycles. The molecule has 0 spiro atoms. The van der Waals surface area contributed by atoms with Crippen LogP contribution >= 0.6 is 0 Å². The minimum atomic E-state index is -0.417. The van der Waals surface area contributed by atoms with Crippen LogP contribution in [0.4, 0.5) is 0 Å². The van der Waals surface area contributed by atoms with Crippen LogP contribution in [0.25, 0.3) is 0 Å². The number of hydrogen-bond donors (Lipinski definition) is 1. The third kappa shape index (κ3) is 3.32. The Morgan fingerprint density at radius 2 is 2.27 bits per heavy atom. The number of β-amino-alcohol motifs (C(OH)–C–C–N with tert-alkyl or cyclic N) is 1. The molecule has 1 N–H and O–H groups in total. The van der Waals surface area contributed by atoms with Gasteiger partial charge < -0.3 is 9.84 Å². The highest BCUT2D eigenvalue weighted by molar-refractivity contribution is 5.76. The van der Waals surface area contributed by atoms with Gasteiger partial charge in [0.1, 0.15) is 6.04 Å². The first-order valence-corrected chi connectivity index (χ1v) is 5.18. The SMILES string of the molecule is COC(=O)C1CC(O)CN1CC=C(C)C. The Morgan fingerprint density at radius 3 is 2.80 bits per heavy atom. The van der Waals surface area contributed by atoms with Crippen molar-refractivity contribution in [1.82, 2.24) is 4.90 Å². The fourth-order valence-electron chi connectivity index (χ4n) is 1.76. The van der Waals surface area contributed by atoms with Crippen molar-refractivity contribution in [3.63, 3.8) is 0 Å². The largest absolute Gasteiger partial charge is 0.468 e. The lowest BCUT2D eigenvalue weighted by atomic mass is 10.2. The van der Waals surface area contributed by atoms with E-state index < -0.39 is 6.10 Å². The molecule has 0 radical (unpaired) electrons. The first kappa shape index (κ1) is 12.2. The van der Waals surface area contributed by atoms with Crippen LogP contribution in [0.3, 0.4) is 0 Å². The summed E-state index contributed by atoms with van der Waals surface area (Å²) in [6.07, 6.45) is 2.11. The standard InChI is InChI=1S/C11H19NO3/c1-8(2)4-5-12-7-9(13)6-10(12)11(14)15-3/h4,9-10,13H,5-7H2,1-3H3. The lowest BCUT2D eigenvalue weighted by Gasteiger charge is -2.20. The Labute approximate surface area is 90.5 Å². The predicted molar refractivity (Wildman–Crippen MR) is 57.4 cm³/mol. The fraction of sp³-hybridized carbons (Fsp3) is 0.727. The molecule has 0 aliphatic carbocycles. The molecule has 4 nitrogen and oxygen atoms in total. The van der Waals surface area contributed by atoms with Gasteiger partial charge in [-0.2, -0.15) is 0 Å². The molecule has 1 heterocycles. The van der Waals surface area contributed by atoms with E-state index in [-0.39, 0.29) is 12.0 Å². The van der Waals surface area contributed by atoms with Crippen LogP contribution in [-0.4, -0.2) is 48.3 Å². The molecule has 0 aromatic carbocycles. The van der Waals surface area contributed by atoms with Gasteiger partial charge in [0.05, 0.1) is 13.2 Å². The number of hydrogen-bond acceptors (Lipinski definition) is 4. The number of carbonyl (C=O) groups excluding carboxylic acids is 1. The normalized spacial score (nSPS) is 26.4. The summed E-state index contributed by atoms with van der Waals surface area (Å²) in [5.74, 6) is -0.256. The van der Waals surface area contributed by atoms with E-state index in [0.29, 0.717) is 19.5 Å². The molecule has 1 aliphatic rings. The Balaban J connectivity index is 2.60. The topological polar surface area (TPSA) is 49.8 Å². The number of methoxy groups -OCH3 is 1. The molecule has 0 aromatic heterocycles. The second-order valence-electron chi connectivity index (χ2n) is 4.16. The zero-order chi connectivity index (χ0) is 11.4. The Morgan fingerprint density at radius 1 is 1.60 bits per heavy atom. The molecule has 15 heavy (non-hydrogen) atoms. The van der Waals surface area contributed by atoms with Gasteiger partial charge in [-0.25, -0.2) is 0 Å². The molecule has 0 bridgehead atoms. The van der Waals surface area contributed by atoms with E-state index in [9.17, 15) is 9.90 Å². The molecule has 0 amide bonds. The molecule has 2 atom stereocenters. The smallest absolute Gasteiger partial charge is 0.323 e. The van der Waals surface area contributed by atoms with Crippen molar-refractivity contribution in [2.75, 3.05) is 20.2 Å². The van der Waals surface area contributed by atoms with E-state index in [1.807, 2.05) is 24.8 Å². The number of rotatable bonds is 3. The number of aliphatic hydroxyl groups excluding tert-OH is 1. The van der Waals surface area contributed by atoms with Gasteiger partial charge in [0.15, 0.2) is 0 Å². The van der Waals surface area contributed by atoms with E-state index in [1.54, 1.807) is 0 Å². The summed E-state index contributed by atoms with van der Waals surface area (Å²) in [6, 6.07) is -0.291. The summed E-state index contributed by atoms with van der Waals surface area (Å²) >= 11 is 0. The van der Waals surface area contributed by atoms with Crippen molar-refractivity contribution in [3.05, 3.63) is 11.6 Å². The molecular weight excluding hydrogens is 194 g/mol. The molecule has 0 aromatic rings. The number of nitrogens with zero attached hydrogens (tertiary/aromatic N) is 1. The molecule has 1 rings (SSSR count). The first-order chi connectivity index (χ1) is 7.04. The van der Waals surface area contributed by atoms with Crippen LogP contribution in [0.1, 0.15) is 20.3 Å². The average molecular weight is 213 g/mol. The monoisotopic (exact) mass is 213 g/mol. The van der Waals surface area contributed by atoms with Gasteiger partial charge in [-0.15, -0.1) is 0 Å². The van der Waals surface area contributed by atoms with Crippen molar-refractivity contribution < 1.29 is 14.6 Å². The van der Waals surface area contributed by atoms with Crippen LogP contribution in [0.15, 0.2) is 11.6 Å². The molecule has 2 unspecified atom stereocenters. The average Bonchev–Trinajstić information content (AvgIpc) is 2.55. The first-order valence-electron chi connectivity index (χ1n) is 5.18. The van der Waals surface area contributed by atoms with Crippen LogP contribution in [0, 0.1) is 0 Å². The van der Waals surface area contributed by atoms with Gasteiger partial charge in [-0.05, 0) is 13.8 Å². The maximum absolute atomic E-state index is 11.4. The third-order valence-electron chi connectivity index (χ3n) is 2.59. The number of likely N-dealkylation sites (tertiary alicyclic amines) is 1. The Bertz CT molecular complexity index is 259. The maximum Gasteiger partial charge on any atom is 0.323 e. The second kappa shape index (κ2) is 5.28. The highest BCUT2D eigenvalue weighted by Gasteiger charge is 2.35. The zero-order valence-electron chi connectivity index (χ0n) is 9.56. The van der Waals surface area contributed by atoms with Crippen molar-refractivity contribution in [3.8, 4) is 0 Å². The van der Waals surface area contributed by atoms with Crippen molar-refractivity contribution in [1.29, 1.82) is 0 Å². The maximum atomic E-state index is 11.4. The Kier molecular flexibility index (Phi) is 4.29. The van der Waals surface area contributed by atoms with Gasteiger partial charge in [-0.3, -0.25) is 9.69 Å².